The monoisotopic (exact) mass is 368 g/mol. The molecule has 4 aromatic rings. The predicted octanol–water partition coefficient (Wildman–Crippen LogP) is 2.46. The normalized spacial score (nSPS) is 11.8. The van der Waals surface area contributed by atoms with E-state index in [9.17, 15) is 0 Å². The standard InChI is InChI=1S/C20H16N8/c21-17(13-5-2-1-3-6-13)18(22)14-7-4-8-15(19-25-9-23-10-26-19)16(14)20-27-11-24-12-28-20/h1-12,17,22H,21H2. The lowest BCUT2D eigenvalue weighted by Crippen LogP contribution is -2.22. The molecule has 28 heavy (non-hydrogen) atoms. The van der Waals surface area contributed by atoms with Crippen molar-refractivity contribution in [3.63, 3.8) is 0 Å². The van der Waals surface area contributed by atoms with Crippen molar-refractivity contribution in [1.82, 2.24) is 29.9 Å². The maximum atomic E-state index is 8.77. The lowest BCUT2D eigenvalue weighted by Gasteiger charge is -2.18. The number of benzene rings is 2. The van der Waals surface area contributed by atoms with E-state index < -0.39 is 6.04 Å². The first-order valence-electron chi connectivity index (χ1n) is 8.53. The Morgan fingerprint density at radius 2 is 1.36 bits per heavy atom. The minimum atomic E-state index is -0.601. The highest BCUT2D eigenvalue weighted by Crippen LogP contribution is 2.32. The molecule has 0 aliphatic rings. The van der Waals surface area contributed by atoms with Crippen LogP contribution in [-0.2, 0) is 0 Å². The Morgan fingerprint density at radius 3 is 2.00 bits per heavy atom. The number of hydrogen-bond acceptors (Lipinski definition) is 8. The Hall–Kier alpha value is -3.91. The predicted molar refractivity (Wildman–Crippen MR) is 104 cm³/mol. The molecule has 0 amide bonds. The van der Waals surface area contributed by atoms with E-state index in [0.29, 0.717) is 28.3 Å². The maximum Gasteiger partial charge on any atom is 0.164 e. The molecule has 2 aromatic carbocycles. The molecule has 8 heteroatoms. The van der Waals surface area contributed by atoms with Gasteiger partial charge in [0.2, 0.25) is 0 Å². The van der Waals surface area contributed by atoms with Crippen molar-refractivity contribution >= 4 is 5.71 Å². The summed E-state index contributed by atoms with van der Waals surface area (Å²) in [7, 11) is 0. The summed E-state index contributed by atoms with van der Waals surface area (Å²) in [6.45, 7) is 0. The maximum absolute atomic E-state index is 8.77. The van der Waals surface area contributed by atoms with Crippen molar-refractivity contribution < 1.29 is 0 Å². The van der Waals surface area contributed by atoms with Gasteiger partial charge in [-0.2, -0.15) is 0 Å². The molecule has 136 valence electrons. The van der Waals surface area contributed by atoms with Gasteiger partial charge in [-0.3, -0.25) is 0 Å². The summed E-state index contributed by atoms with van der Waals surface area (Å²) < 4.78 is 0. The Bertz CT molecular complexity index is 1080. The number of nitrogens with one attached hydrogen (secondary N) is 1. The van der Waals surface area contributed by atoms with Crippen LogP contribution in [0.2, 0.25) is 0 Å². The molecule has 4 rings (SSSR count). The zero-order valence-corrected chi connectivity index (χ0v) is 14.8. The largest absolute Gasteiger partial charge is 0.319 e. The molecular formula is C20H16N8. The van der Waals surface area contributed by atoms with Gasteiger partial charge in [0.05, 0.1) is 11.8 Å². The summed E-state index contributed by atoms with van der Waals surface area (Å²) in [5, 5.41) is 8.77. The number of rotatable bonds is 5. The highest BCUT2D eigenvalue weighted by Gasteiger charge is 2.22. The molecule has 0 aliphatic carbocycles. The van der Waals surface area contributed by atoms with Crippen LogP contribution in [0.15, 0.2) is 73.8 Å². The number of nitrogens with two attached hydrogens (primary N) is 1. The van der Waals surface area contributed by atoms with Crippen LogP contribution < -0.4 is 5.73 Å². The fourth-order valence-corrected chi connectivity index (χ4v) is 2.95. The van der Waals surface area contributed by atoms with Crippen LogP contribution in [0.5, 0.6) is 0 Å². The molecule has 0 saturated carbocycles. The Morgan fingerprint density at radius 1 is 0.750 bits per heavy atom. The first-order chi connectivity index (χ1) is 13.8. The topological polar surface area (TPSA) is 127 Å². The van der Waals surface area contributed by atoms with Crippen LogP contribution in [-0.4, -0.2) is 35.6 Å². The van der Waals surface area contributed by atoms with E-state index in [4.69, 9.17) is 11.1 Å². The number of hydrogen-bond donors (Lipinski definition) is 2. The van der Waals surface area contributed by atoms with Gasteiger partial charge in [0.25, 0.3) is 0 Å². The van der Waals surface area contributed by atoms with Crippen molar-refractivity contribution in [3.05, 3.63) is 85.0 Å². The third kappa shape index (κ3) is 3.36. The molecule has 0 bridgehead atoms. The van der Waals surface area contributed by atoms with Crippen LogP contribution in [0, 0.1) is 5.41 Å². The Kier molecular flexibility index (Phi) is 4.85. The minimum absolute atomic E-state index is 0.248. The summed E-state index contributed by atoms with van der Waals surface area (Å²) in [5.41, 5.74) is 9.42. The highest BCUT2D eigenvalue weighted by molar-refractivity contribution is 6.09. The van der Waals surface area contributed by atoms with Crippen molar-refractivity contribution in [2.24, 2.45) is 5.73 Å². The molecular weight excluding hydrogens is 352 g/mol. The van der Waals surface area contributed by atoms with E-state index >= 15 is 0 Å². The van der Waals surface area contributed by atoms with Crippen molar-refractivity contribution in [3.8, 4) is 22.8 Å². The molecule has 0 spiro atoms. The Labute approximate surface area is 161 Å². The zero-order valence-electron chi connectivity index (χ0n) is 14.8. The second-order valence-electron chi connectivity index (χ2n) is 5.95. The van der Waals surface area contributed by atoms with E-state index in [0.717, 1.165) is 5.56 Å². The first-order valence-corrected chi connectivity index (χ1v) is 8.53. The van der Waals surface area contributed by atoms with Gasteiger partial charge in [-0.05, 0) is 5.56 Å². The summed E-state index contributed by atoms with van der Waals surface area (Å²) in [6, 6.07) is 14.4. The summed E-state index contributed by atoms with van der Waals surface area (Å²) in [4.78, 5) is 24.8. The van der Waals surface area contributed by atoms with Crippen LogP contribution >= 0.6 is 0 Å². The van der Waals surface area contributed by atoms with Gasteiger partial charge in [0.1, 0.15) is 25.3 Å². The third-order valence-corrected chi connectivity index (χ3v) is 4.28. The molecule has 1 unspecified atom stereocenters. The van der Waals surface area contributed by atoms with Gasteiger partial charge < -0.3 is 11.1 Å². The van der Waals surface area contributed by atoms with Gasteiger partial charge in [-0.25, -0.2) is 29.9 Å². The van der Waals surface area contributed by atoms with Crippen LogP contribution in [0.25, 0.3) is 22.8 Å². The van der Waals surface area contributed by atoms with Crippen molar-refractivity contribution in [2.75, 3.05) is 0 Å². The molecule has 3 N–H and O–H groups in total. The second kappa shape index (κ2) is 7.77. The quantitative estimate of drug-likeness (QED) is 0.518. The van der Waals surface area contributed by atoms with Gasteiger partial charge >= 0.3 is 0 Å². The summed E-state index contributed by atoms with van der Waals surface area (Å²) >= 11 is 0. The van der Waals surface area contributed by atoms with Crippen molar-refractivity contribution in [1.29, 1.82) is 5.41 Å². The molecule has 2 aromatic heterocycles. The SMILES string of the molecule is N=C(c1cccc(-c2ncncn2)c1-c1ncncn1)C(N)c1ccccc1. The average Bonchev–Trinajstić information content (AvgIpc) is 2.79. The fourth-order valence-electron chi connectivity index (χ4n) is 2.95. The molecule has 2 heterocycles. The van der Waals surface area contributed by atoms with Gasteiger partial charge in [-0.1, -0.05) is 48.5 Å². The van der Waals surface area contributed by atoms with E-state index in [1.54, 1.807) is 0 Å². The summed E-state index contributed by atoms with van der Waals surface area (Å²) in [6.07, 6.45) is 5.68. The number of nitrogens with zero attached hydrogens (tertiary/aromatic N) is 6. The van der Waals surface area contributed by atoms with Crippen LogP contribution in [0.1, 0.15) is 17.2 Å². The smallest absolute Gasteiger partial charge is 0.164 e. The van der Waals surface area contributed by atoms with E-state index in [2.05, 4.69) is 29.9 Å². The minimum Gasteiger partial charge on any atom is -0.319 e. The van der Waals surface area contributed by atoms with Crippen molar-refractivity contribution in [2.45, 2.75) is 6.04 Å². The van der Waals surface area contributed by atoms with E-state index in [-0.39, 0.29) is 5.71 Å². The van der Waals surface area contributed by atoms with Gasteiger partial charge in [0, 0.05) is 16.7 Å². The van der Waals surface area contributed by atoms with E-state index in [1.807, 2.05) is 48.5 Å². The summed E-state index contributed by atoms with van der Waals surface area (Å²) in [5.74, 6) is 0.888. The van der Waals surface area contributed by atoms with E-state index in [1.165, 1.54) is 25.3 Å². The molecule has 0 fully saturated rings. The van der Waals surface area contributed by atoms with Gasteiger partial charge in [-0.15, -0.1) is 0 Å². The zero-order chi connectivity index (χ0) is 19.3. The molecule has 0 radical (unpaired) electrons. The van der Waals surface area contributed by atoms with Gasteiger partial charge in [0.15, 0.2) is 11.6 Å². The van der Waals surface area contributed by atoms with Crippen LogP contribution in [0.3, 0.4) is 0 Å². The lowest BCUT2D eigenvalue weighted by atomic mass is 9.91. The first kappa shape index (κ1) is 17.5. The fraction of sp³-hybridized carbons (Fsp3) is 0.0500. The molecule has 8 nitrogen and oxygen atoms in total. The molecule has 1 atom stereocenters. The number of aromatic nitrogens is 6. The molecule has 0 saturated heterocycles. The second-order valence-corrected chi connectivity index (χ2v) is 5.95. The lowest BCUT2D eigenvalue weighted by molar-refractivity contribution is 0.951. The molecule has 0 aliphatic heterocycles. The Balaban J connectivity index is 1.89. The highest BCUT2D eigenvalue weighted by atomic mass is 15.0. The average molecular weight is 368 g/mol. The van der Waals surface area contributed by atoms with Crippen LogP contribution in [0.4, 0.5) is 0 Å². The third-order valence-electron chi connectivity index (χ3n) is 4.28.